The van der Waals surface area contributed by atoms with Gasteiger partial charge in [0.15, 0.2) is 0 Å². The van der Waals surface area contributed by atoms with Crippen LogP contribution in [0.15, 0.2) is 11.1 Å². The Morgan fingerprint density at radius 3 is 2.62 bits per heavy atom. The standard InChI is InChI=1S/C26H42F2N4O2/c1-15-20(13-23(33)31-16(2)19-9-8-18(27)12-21(19)28)26(34)32-22-10-11-29-25(24(15)22)30-14-17-6-4-3-5-7-17/h16-19,21-22,24-25,29-30H,3-14H2,1-2H3,(H,31,33)(H,32,34)/t16-,18?,19?,21?,22?,24?,25?/m0/s1. The van der Waals surface area contributed by atoms with E-state index < -0.39 is 18.4 Å². The lowest BCUT2D eigenvalue weighted by atomic mass is 9.78. The highest BCUT2D eigenvalue weighted by atomic mass is 19.1. The van der Waals surface area contributed by atoms with E-state index in [0.29, 0.717) is 24.3 Å². The van der Waals surface area contributed by atoms with Gasteiger partial charge in [0.1, 0.15) is 12.3 Å². The van der Waals surface area contributed by atoms with Gasteiger partial charge in [-0.15, -0.1) is 0 Å². The molecule has 2 aliphatic carbocycles. The van der Waals surface area contributed by atoms with E-state index in [2.05, 4.69) is 21.3 Å². The number of carbonyl (C=O) groups excluding carboxylic acids is 2. The zero-order chi connectivity index (χ0) is 24.2. The van der Waals surface area contributed by atoms with E-state index in [1.54, 1.807) is 6.92 Å². The molecule has 1 saturated heterocycles. The van der Waals surface area contributed by atoms with Crippen molar-refractivity contribution >= 4 is 11.8 Å². The van der Waals surface area contributed by atoms with E-state index in [4.69, 9.17) is 0 Å². The SMILES string of the molecule is CC1=C(CC(=O)N[C@@H](C)C2CCC(F)CC2F)C(=O)NC2CCNC(NCC3CCCCC3)C12. The third-order valence-electron chi connectivity index (χ3n) is 8.66. The Bertz CT molecular complexity index is 770. The monoisotopic (exact) mass is 480 g/mol. The maximum atomic E-state index is 14.3. The van der Waals surface area contributed by atoms with Crippen molar-refractivity contribution in [3.8, 4) is 0 Å². The second-order valence-corrected chi connectivity index (χ2v) is 11.0. The van der Waals surface area contributed by atoms with E-state index in [-0.39, 0.29) is 48.7 Å². The molecule has 2 saturated carbocycles. The molecule has 4 aliphatic rings. The van der Waals surface area contributed by atoms with Crippen molar-refractivity contribution in [2.45, 2.75) is 109 Å². The number of alkyl halides is 2. The molecule has 2 heterocycles. The Labute approximate surface area is 202 Å². The van der Waals surface area contributed by atoms with Gasteiger partial charge in [-0.25, -0.2) is 8.78 Å². The number of hydrogen-bond acceptors (Lipinski definition) is 4. The summed E-state index contributed by atoms with van der Waals surface area (Å²) >= 11 is 0. The lowest BCUT2D eigenvalue weighted by Gasteiger charge is -2.44. The van der Waals surface area contributed by atoms with Gasteiger partial charge in [-0.3, -0.25) is 9.59 Å². The number of piperidine rings is 1. The van der Waals surface area contributed by atoms with Gasteiger partial charge in [0.05, 0.1) is 12.6 Å². The fourth-order valence-corrected chi connectivity index (χ4v) is 6.61. The van der Waals surface area contributed by atoms with Crippen LogP contribution in [0, 0.1) is 17.8 Å². The van der Waals surface area contributed by atoms with Crippen molar-refractivity contribution in [3.05, 3.63) is 11.1 Å². The van der Waals surface area contributed by atoms with Crippen molar-refractivity contribution in [1.29, 1.82) is 0 Å². The van der Waals surface area contributed by atoms with Crippen LogP contribution in [0.4, 0.5) is 8.78 Å². The number of carbonyl (C=O) groups is 2. The zero-order valence-electron chi connectivity index (χ0n) is 20.7. The molecule has 0 radical (unpaired) electrons. The molecule has 6 nitrogen and oxygen atoms in total. The molecular weight excluding hydrogens is 438 g/mol. The first-order valence-electron chi connectivity index (χ1n) is 13.4. The molecule has 7 atom stereocenters. The second kappa shape index (κ2) is 11.5. The van der Waals surface area contributed by atoms with Crippen LogP contribution in [0.5, 0.6) is 0 Å². The Hall–Kier alpha value is -1.54. The molecule has 0 spiro atoms. The van der Waals surface area contributed by atoms with Crippen LogP contribution in [0.1, 0.15) is 78.1 Å². The van der Waals surface area contributed by atoms with Crippen molar-refractivity contribution < 1.29 is 18.4 Å². The molecule has 6 unspecified atom stereocenters. The minimum atomic E-state index is -1.25. The van der Waals surface area contributed by atoms with E-state index in [1.807, 2.05) is 6.92 Å². The van der Waals surface area contributed by atoms with Crippen LogP contribution in [-0.4, -0.2) is 55.5 Å². The lowest BCUT2D eigenvalue weighted by molar-refractivity contribution is -0.125. The Morgan fingerprint density at radius 1 is 1.12 bits per heavy atom. The Morgan fingerprint density at radius 2 is 1.88 bits per heavy atom. The average molecular weight is 481 g/mol. The summed E-state index contributed by atoms with van der Waals surface area (Å²) in [5.74, 6) is -0.0231. The first-order chi connectivity index (χ1) is 16.3. The van der Waals surface area contributed by atoms with Crippen molar-refractivity contribution in [2.24, 2.45) is 17.8 Å². The average Bonchev–Trinajstić information content (AvgIpc) is 2.80. The molecule has 3 fully saturated rings. The summed E-state index contributed by atoms with van der Waals surface area (Å²) in [5, 5.41) is 13.3. The normalized spacial score (nSPS) is 35.9. The molecule has 4 rings (SSSR count). The molecule has 2 amide bonds. The highest BCUT2D eigenvalue weighted by Gasteiger charge is 2.41. The fraction of sp³-hybridized carbons (Fsp3) is 0.846. The van der Waals surface area contributed by atoms with Crippen LogP contribution in [0.2, 0.25) is 0 Å². The predicted molar refractivity (Wildman–Crippen MR) is 128 cm³/mol. The van der Waals surface area contributed by atoms with Gasteiger partial charge in [0, 0.05) is 35.9 Å². The van der Waals surface area contributed by atoms with Crippen molar-refractivity contribution in [1.82, 2.24) is 21.3 Å². The van der Waals surface area contributed by atoms with Gasteiger partial charge in [-0.2, -0.15) is 0 Å². The quantitative estimate of drug-likeness (QED) is 0.451. The Balaban J connectivity index is 1.38. The van der Waals surface area contributed by atoms with Crippen LogP contribution in [-0.2, 0) is 9.59 Å². The molecular formula is C26H42F2N4O2. The molecule has 192 valence electrons. The summed E-state index contributed by atoms with van der Waals surface area (Å²) in [6.07, 6.45) is 5.74. The highest BCUT2D eigenvalue weighted by Crippen LogP contribution is 2.33. The van der Waals surface area contributed by atoms with E-state index in [0.717, 1.165) is 25.1 Å². The van der Waals surface area contributed by atoms with Crippen LogP contribution < -0.4 is 21.3 Å². The molecule has 34 heavy (non-hydrogen) atoms. The molecule has 0 aromatic heterocycles. The maximum Gasteiger partial charge on any atom is 0.247 e. The summed E-state index contributed by atoms with van der Waals surface area (Å²) < 4.78 is 27.8. The molecule has 2 aliphatic heterocycles. The largest absolute Gasteiger partial charge is 0.353 e. The summed E-state index contributed by atoms with van der Waals surface area (Å²) in [5.41, 5.74) is 1.48. The smallest absolute Gasteiger partial charge is 0.247 e. The predicted octanol–water partition coefficient (Wildman–Crippen LogP) is 3.28. The van der Waals surface area contributed by atoms with Crippen molar-refractivity contribution in [3.63, 3.8) is 0 Å². The van der Waals surface area contributed by atoms with Crippen LogP contribution in [0.25, 0.3) is 0 Å². The van der Waals surface area contributed by atoms with Crippen molar-refractivity contribution in [2.75, 3.05) is 13.1 Å². The zero-order valence-corrected chi connectivity index (χ0v) is 20.7. The van der Waals surface area contributed by atoms with Gasteiger partial charge < -0.3 is 21.3 Å². The summed E-state index contributed by atoms with van der Waals surface area (Å²) in [6.45, 7) is 5.57. The minimum absolute atomic E-state index is 0.0179. The topological polar surface area (TPSA) is 82.3 Å². The number of nitrogens with one attached hydrogen (secondary N) is 4. The number of fused-ring (bicyclic) bond motifs is 1. The van der Waals surface area contributed by atoms with Gasteiger partial charge in [0.25, 0.3) is 0 Å². The maximum absolute atomic E-state index is 14.3. The van der Waals surface area contributed by atoms with Gasteiger partial charge in [-0.05, 0) is 65.0 Å². The van der Waals surface area contributed by atoms with Crippen LogP contribution >= 0.6 is 0 Å². The first-order valence-corrected chi connectivity index (χ1v) is 13.4. The lowest BCUT2D eigenvalue weighted by Crippen LogP contribution is -2.63. The third kappa shape index (κ3) is 5.99. The van der Waals surface area contributed by atoms with Gasteiger partial charge in [0.2, 0.25) is 11.8 Å². The Kier molecular flexibility index (Phi) is 8.61. The van der Waals surface area contributed by atoms with Crippen LogP contribution in [0.3, 0.4) is 0 Å². The first kappa shape index (κ1) is 25.5. The summed E-state index contributed by atoms with van der Waals surface area (Å²) in [6, 6.07) is -0.330. The fourth-order valence-electron chi connectivity index (χ4n) is 6.61. The number of rotatable bonds is 7. The van der Waals surface area contributed by atoms with Gasteiger partial charge in [-0.1, -0.05) is 24.8 Å². The number of halogens is 2. The summed E-state index contributed by atoms with van der Waals surface area (Å²) in [4.78, 5) is 25.7. The summed E-state index contributed by atoms with van der Waals surface area (Å²) in [7, 11) is 0. The van der Waals surface area contributed by atoms with Gasteiger partial charge >= 0.3 is 0 Å². The second-order valence-electron chi connectivity index (χ2n) is 11.0. The molecule has 0 aromatic carbocycles. The molecule has 8 heteroatoms. The van der Waals surface area contributed by atoms with E-state index in [9.17, 15) is 18.4 Å². The third-order valence-corrected chi connectivity index (χ3v) is 8.66. The minimum Gasteiger partial charge on any atom is -0.353 e. The molecule has 4 N–H and O–H groups in total. The van der Waals surface area contributed by atoms with E-state index >= 15 is 0 Å². The molecule has 0 bridgehead atoms. The van der Waals surface area contributed by atoms with E-state index in [1.165, 1.54) is 32.1 Å². The highest BCUT2D eigenvalue weighted by molar-refractivity contribution is 6.00. The number of amides is 2. The molecule has 0 aromatic rings. The number of hydrogen-bond donors (Lipinski definition) is 4.